The van der Waals surface area contributed by atoms with E-state index in [0.29, 0.717) is 12.0 Å². The van der Waals surface area contributed by atoms with Crippen molar-refractivity contribution in [2.24, 2.45) is 0 Å². The predicted molar refractivity (Wildman–Crippen MR) is 76.5 cm³/mol. The first kappa shape index (κ1) is 13.9. The molecule has 0 fully saturated rings. The molecule has 4 heteroatoms. The predicted octanol–water partition coefficient (Wildman–Crippen LogP) is 1.94. The van der Waals surface area contributed by atoms with E-state index in [0.717, 1.165) is 25.1 Å². The van der Waals surface area contributed by atoms with Crippen LogP contribution in [-0.2, 0) is 6.42 Å². The number of carbonyl (C=O) groups is 1. The maximum atomic E-state index is 12.3. The van der Waals surface area contributed by atoms with Crippen LogP contribution in [-0.4, -0.2) is 29.7 Å². The second kappa shape index (κ2) is 5.61. The van der Waals surface area contributed by atoms with Gasteiger partial charge in [0.2, 0.25) is 0 Å². The minimum Gasteiger partial charge on any atom is -0.396 e. The fourth-order valence-corrected chi connectivity index (χ4v) is 2.37. The average molecular weight is 262 g/mol. The summed E-state index contributed by atoms with van der Waals surface area (Å²) in [7, 11) is 0. The molecule has 0 aromatic heterocycles. The molecule has 4 nitrogen and oxygen atoms in total. The summed E-state index contributed by atoms with van der Waals surface area (Å²) >= 11 is 0. The maximum absolute atomic E-state index is 12.3. The van der Waals surface area contributed by atoms with Crippen LogP contribution < -0.4 is 10.6 Å². The summed E-state index contributed by atoms with van der Waals surface area (Å²) in [6, 6.07) is 5.77. The number of rotatable bonds is 5. The van der Waals surface area contributed by atoms with E-state index in [1.54, 1.807) is 0 Å². The molecule has 2 rings (SSSR count). The Morgan fingerprint density at radius 1 is 1.53 bits per heavy atom. The molecular formula is C15H22N2O2. The second-order valence-corrected chi connectivity index (χ2v) is 5.39. The zero-order valence-corrected chi connectivity index (χ0v) is 11.6. The van der Waals surface area contributed by atoms with Crippen LogP contribution in [0.15, 0.2) is 18.2 Å². The molecule has 1 aliphatic rings. The summed E-state index contributed by atoms with van der Waals surface area (Å²) in [6.07, 6.45) is 2.34. The molecule has 1 amide bonds. The maximum Gasteiger partial charge on any atom is 0.251 e. The highest BCUT2D eigenvalue weighted by atomic mass is 16.3. The molecule has 0 bridgehead atoms. The lowest BCUT2D eigenvalue weighted by Crippen LogP contribution is -2.46. The van der Waals surface area contributed by atoms with E-state index >= 15 is 0 Å². The largest absolute Gasteiger partial charge is 0.396 e. The van der Waals surface area contributed by atoms with Gasteiger partial charge in [-0.1, -0.05) is 6.92 Å². The van der Waals surface area contributed by atoms with E-state index in [9.17, 15) is 4.79 Å². The van der Waals surface area contributed by atoms with Crippen molar-refractivity contribution in [1.82, 2.24) is 5.32 Å². The quantitative estimate of drug-likeness (QED) is 0.760. The molecule has 1 aromatic carbocycles. The Balaban J connectivity index is 2.11. The van der Waals surface area contributed by atoms with E-state index < -0.39 is 0 Å². The Labute approximate surface area is 114 Å². The second-order valence-electron chi connectivity index (χ2n) is 5.39. The van der Waals surface area contributed by atoms with Gasteiger partial charge in [-0.15, -0.1) is 0 Å². The van der Waals surface area contributed by atoms with Crippen molar-refractivity contribution in [3.8, 4) is 0 Å². The highest BCUT2D eigenvalue weighted by Crippen LogP contribution is 2.23. The van der Waals surface area contributed by atoms with Gasteiger partial charge in [-0.2, -0.15) is 0 Å². The Hall–Kier alpha value is -1.55. The minimum absolute atomic E-state index is 0.0625. The van der Waals surface area contributed by atoms with Crippen molar-refractivity contribution >= 4 is 11.6 Å². The number of nitrogens with one attached hydrogen (secondary N) is 2. The normalized spacial score (nSPS) is 16.4. The molecule has 19 heavy (non-hydrogen) atoms. The van der Waals surface area contributed by atoms with Gasteiger partial charge in [0.15, 0.2) is 0 Å². The van der Waals surface area contributed by atoms with Gasteiger partial charge < -0.3 is 15.7 Å². The van der Waals surface area contributed by atoms with Crippen LogP contribution in [0.5, 0.6) is 0 Å². The van der Waals surface area contributed by atoms with Crippen molar-refractivity contribution in [3.05, 3.63) is 29.3 Å². The third kappa shape index (κ3) is 3.07. The highest BCUT2D eigenvalue weighted by molar-refractivity contribution is 5.95. The third-order valence-corrected chi connectivity index (χ3v) is 3.94. The molecule has 1 aliphatic heterocycles. The summed E-state index contributed by atoms with van der Waals surface area (Å²) in [5, 5.41) is 15.4. The number of anilines is 1. The van der Waals surface area contributed by atoms with Crippen LogP contribution in [0.2, 0.25) is 0 Å². The van der Waals surface area contributed by atoms with Gasteiger partial charge in [0.25, 0.3) is 5.91 Å². The Bertz CT molecular complexity index is 473. The summed E-state index contributed by atoms with van der Waals surface area (Å²) in [5.41, 5.74) is 2.68. The fraction of sp³-hybridized carbons (Fsp3) is 0.533. The molecule has 0 saturated heterocycles. The highest BCUT2D eigenvalue weighted by Gasteiger charge is 2.24. The molecule has 0 radical (unpaired) electrons. The lowest BCUT2D eigenvalue weighted by molar-refractivity contribution is 0.0886. The number of benzene rings is 1. The molecule has 1 atom stereocenters. The first-order valence-electron chi connectivity index (χ1n) is 6.88. The smallest absolute Gasteiger partial charge is 0.251 e. The van der Waals surface area contributed by atoms with Crippen LogP contribution in [0.1, 0.15) is 42.6 Å². The van der Waals surface area contributed by atoms with Gasteiger partial charge in [0, 0.05) is 29.9 Å². The third-order valence-electron chi connectivity index (χ3n) is 3.94. The van der Waals surface area contributed by atoms with Crippen LogP contribution in [0, 0.1) is 0 Å². The van der Waals surface area contributed by atoms with Crippen molar-refractivity contribution < 1.29 is 9.90 Å². The van der Waals surface area contributed by atoms with Crippen LogP contribution in [0.4, 0.5) is 5.69 Å². The molecule has 0 aliphatic carbocycles. The zero-order valence-electron chi connectivity index (χ0n) is 11.6. The Morgan fingerprint density at radius 2 is 2.32 bits per heavy atom. The van der Waals surface area contributed by atoms with E-state index in [-0.39, 0.29) is 18.1 Å². The fourth-order valence-electron chi connectivity index (χ4n) is 2.37. The molecule has 3 N–H and O–H groups in total. The number of fused-ring (bicyclic) bond motifs is 1. The van der Waals surface area contributed by atoms with Gasteiger partial charge in [-0.05, 0) is 49.9 Å². The molecule has 0 spiro atoms. The number of amides is 1. The molecule has 1 heterocycles. The monoisotopic (exact) mass is 262 g/mol. The van der Waals surface area contributed by atoms with Gasteiger partial charge in [-0.25, -0.2) is 0 Å². The number of hydrogen-bond acceptors (Lipinski definition) is 3. The number of hydrogen-bond donors (Lipinski definition) is 3. The number of carbonyl (C=O) groups excluding carboxylic acids is 1. The SMILES string of the molecule is CCC(C)(CCO)NC(=O)c1ccc2c(c1)CCN2. The minimum atomic E-state index is -0.344. The Kier molecular flexibility index (Phi) is 4.10. The molecular weight excluding hydrogens is 240 g/mol. The molecule has 0 saturated carbocycles. The van der Waals surface area contributed by atoms with Gasteiger partial charge in [-0.3, -0.25) is 4.79 Å². The van der Waals surface area contributed by atoms with Crippen molar-refractivity contribution in [2.45, 2.75) is 38.6 Å². The summed E-state index contributed by atoms with van der Waals surface area (Å²) in [5.74, 6) is -0.0625. The molecule has 1 unspecified atom stereocenters. The summed E-state index contributed by atoms with van der Waals surface area (Å²) in [4.78, 5) is 12.3. The Morgan fingerprint density at radius 3 is 3.00 bits per heavy atom. The molecule has 104 valence electrons. The molecule has 1 aromatic rings. The van der Waals surface area contributed by atoms with E-state index in [1.807, 2.05) is 32.0 Å². The average Bonchev–Trinajstić information content (AvgIpc) is 2.86. The lowest BCUT2D eigenvalue weighted by Gasteiger charge is -2.29. The van der Waals surface area contributed by atoms with Gasteiger partial charge in [0.1, 0.15) is 0 Å². The number of aliphatic hydroxyl groups excluding tert-OH is 1. The zero-order chi connectivity index (χ0) is 13.9. The van der Waals surface area contributed by atoms with Crippen molar-refractivity contribution in [2.75, 3.05) is 18.5 Å². The van der Waals surface area contributed by atoms with Gasteiger partial charge in [0.05, 0.1) is 0 Å². The summed E-state index contributed by atoms with van der Waals surface area (Å²) in [6.45, 7) is 5.01. The first-order valence-corrected chi connectivity index (χ1v) is 6.88. The van der Waals surface area contributed by atoms with Crippen molar-refractivity contribution in [3.63, 3.8) is 0 Å². The van der Waals surface area contributed by atoms with Crippen LogP contribution in [0.3, 0.4) is 0 Å². The van der Waals surface area contributed by atoms with E-state index in [4.69, 9.17) is 5.11 Å². The van der Waals surface area contributed by atoms with Crippen LogP contribution >= 0.6 is 0 Å². The van der Waals surface area contributed by atoms with E-state index in [1.165, 1.54) is 5.56 Å². The lowest BCUT2D eigenvalue weighted by atomic mass is 9.94. The number of aliphatic hydroxyl groups is 1. The topological polar surface area (TPSA) is 61.4 Å². The van der Waals surface area contributed by atoms with Crippen molar-refractivity contribution in [1.29, 1.82) is 0 Å². The van der Waals surface area contributed by atoms with Gasteiger partial charge >= 0.3 is 0 Å². The standard InChI is InChI=1S/C15H22N2O2/c1-3-15(2,7-9-18)17-14(19)12-4-5-13-11(10-12)6-8-16-13/h4-5,10,16,18H,3,6-9H2,1-2H3,(H,17,19). The van der Waals surface area contributed by atoms with Crippen LogP contribution in [0.25, 0.3) is 0 Å². The first-order chi connectivity index (χ1) is 9.08. The van der Waals surface area contributed by atoms with E-state index in [2.05, 4.69) is 10.6 Å². The summed E-state index contributed by atoms with van der Waals surface area (Å²) < 4.78 is 0.